The molecule has 3 aromatic rings. The molecule has 2 aromatic carbocycles. The summed E-state index contributed by atoms with van der Waals surface area (Å²) in [5.74, 6) is 0.768. The second kappa shape index (κ2) is 10.3. The predicted octanol–water partition coefficient (Wildman–Crippen LogP) is 2.20. The topological polar surface area (TPSA) is 116 Å². The minimum absolute atomic E-state index is 0.00479. The molecular weight excluding hydrogens is 440 g/mol. The van der Waals surface area contributed by atoms with Gasteiger partial charge in [0.25, 0.3) is 5.91 Å². The number of nitrogens with zero attached hydrogens (tertiary/aromatic N) is 3. The van der Waals surface area contributed by atoms with Gasteiger partial charge >= 0.3 is 11.8 Å². The monoisotopic (exact) mass is 466 g/mol. The summed E-state index contributed by atoms with van der Waals surface area (Å²) >= 11 is 0. The van der Waals surface area contributed by atoms with Crippen molar-refractivity contribution in [1.82, 2.24) is 20.4 Å². The van der Waals surface area contributed by atoms with Crippen LogP contribution >= 0.6 is 0 Å². The lowest BCUT2D eigenvalue weighted by molar-refractivity contribution is -0.0191. The molecule has 2 amide bonds. The van der Waals surface area contributed by atoms with Crippen LogP contribution in [0.25, 0.3) is 11.4 Å². The van der Waals surface area contributed by atoms with Gasteiger partial charge in [-0.05, 0) is 42.3 Å². The summed E-state index contributed by atoms with van der Waals surface area (Å²) in [4.78, 5) is 30.7. The third-order valence-electron chi connectivity index (χ3n) is 5.63. The molecule has 2 heterocycles. The molecule has 1 aliphatic rings. The Hall–Kier alpha value is -3.92. The van der Waals surface area contributed by atoms with Gasteiger partial charge in [-0.1, -0.05) is 17.3 Å². The molecule has 1 N–H and O–H groups in total. The first kappa shape index (κ1) is 23.2. The third kappa shape index (κ3) is 5.01. The van der Waals surface area contributed by atoms with Crippen LogP contribution in [-0.4, -0.2) is 73.9 Å². The van der Waals surface area contributed by atoms with Crippen LogP contribution in [0.3, 0.4) is 0 Å². The summed E-state index contributed by atoms with van der Waals surface area (Å²) < 4.78 is 20.8. The van der Waals surface area contributed by atoms with E-state index >= 15 is 0 Å². The Morgan fingerprint density at radius 2 is 1.79 bits per heavy atom. The molecular formula is C24H26N4O6. The Morgan fingerprint density at radius 1 is 1.06 bits per heavy atom. The van der Waals surface area contributed by atoms with Crippen LogP contribution in [0, 0.1) is 0 Å². The number of likely N-dealkylation sites (tertiary alicyclic amines) is 1. The van der Waals surface area contributed by atoms with Gasteiger partial charge < -0.3 is 29.0 Å². The van der Waals surface area contributed by atoms with E-state index in [-0.39, 0.29) is 23.7 Å². The highest BCUT2D eigenvalue weighted by molar-refractivity contribution is 5.94. The molecule has 1 aromatic heterocycles. The van der Waals surface area contributed by atoms with Crippen LogP contribution < -0.4 is 14.8 Å². The van der Waals surface area contributed by atoms with E-state index in [0.29, 0.717) is 48.7 Å². The highest BCUT2D eigenvalue weighted by atomic mass is 16.5. The third-order valence-corrected chi connectivity index (χ3v) is 5.63. The van der Waals surface area contributed by atoms with Crippen molar-refractivity contribution in [2.24, 2.45) is 0 Å². The van der Waals surface area contributed by atoms with Gasteiger partial charge in [-0.15, -0.1) is 0 Å². The largest absolute Gasteiger partial charge is 0.493 e. The highest BCUT2D eigenvalue weighted by Gasteiger charge is 2.30. The fourth-order valence-corrected chi connectivity index (χ4v) is 3.55. The number of nitrogens with one attached hydrogen (secondary N) is 1. The minimum Gasteiger partial charge on any atom is -0.493 e. The summed E-state index contributed by atoms with van der Waals surface area (Å²) in [6, 6.07) is 12.5. The SMILES string of the molecule is COc1ccc(-c2noc(C(=O)NCCc3ccc(C(=O)N4CC(OC)C4)cc3)n2)cc1OC. The summed E-state index contributed by atoms with van der Waals surface area (Å²) in [6.07, 6.45) is 0.715. The zero-order valence-corrected chi connectivity index (χ0v) is 19.2. The molecule has 1 aliphatic heterocycles. The highest BCUT2D eigenvalue weighted by Crippen LogP contribution is 2.31. The molecule has 4 rings (SSSR count). The van der Waals surface area contributed by atoms with E-state index in [1.54, 1.807) is 49.5 Å². The number of carbonyl (C=O) groups is 2. The molecule has 0 atom stereocenters. The maximum absolute atomic E-state index is 12.4. The molecule has 0 unspecified atom stereocenters. The number of aromatic nitrogens is 2. The van der Waals surface area contributed by atoms with Gasteiger partial charge in [0.15, 0.2) is 11.5 Å². The normalized spacial score (nSPS) is 13.3. The summed E-state index contributed by atoms with van der Waals surface area (Å²) in [5, 5.41) is 6.65. The number of ether oxygens (including phenoxy) is 3. The molecule has 0 spiro atoms. The number of carbonyl (C=O) groups excluding carboxylic acids is 2. The minimum atomic E-state index is -0.462. The van der Waals surface area contributed by atoms with E-state index in [4.69, 9.17) is 18.7 Å². The van der Waals surface area contributed by atoms with Crippen molar-refractivity contribution in [2.75, 3.05) is 41.0 Å². The molecule has 1 fully saturated rings. The van der Waals surface area contributed by atoms with E-state index in [1.807, 2.05) is 12.1 Å². The summed E-state index contributed by atoms with van der Waals surface area (Å²) in [6.45, 7) is 1.61. The van der Waals surface area contributed by atoms with Crippen molar-refractivity contribution in [1.29, 1.82) is 0 Å². The van der Waals surface area contributed by atoms with Crippen molar-refractivity contribution in [3.8, 4) is 22.9 Å². The lowest BCUT2D eigenvalue weighted by Gasteiger charge is -2.38. The van der Waals surface area contributed by atoms with Crippen molar-refractivity contribution in [3.05, 3.63) is 59.5 Å². The number of hydrogen-bond acceptors (Lipinski definition) is 8. The van der Waals surface area contributed by atoms with E-state index in [2.05, 4.69) is 15.5 Å². The first-order chi connectivity index (χ1) is 16.5. The Morgan fingerprint density at radius 3 is 2.47 bits per heavy atom. The molecule has 178 valence electrons. The summed E-state index contributed by atoms with van der Waals surface area (Å²) in [7, 11) is 4.73. The van der Waals surface area contributed by atoms with Crippen molar-refractivity contribution >= 4 is 11.8 Å². The van der Waals surface area contributed by atoms with Gasteiger partial charge in [0.1, 0.15) is 0 Å². The Kier molecular flexibility index (Phi) is 7.07. The number of methoxy groups -OCH3 is 3. The zero-order chi connectivity index (χ0) is 24.1. The van der Waals surface area contributed by atoms with Gasteiger partial charge in [-0.25, -0.2) is 0 Å². The van der Waals surface area contributed by atoms with Crippen LogP contribution in [0.5, 0.6) is 11.5 Å². The molecule has 0 aliphatic carbocycles. The maximum Gasteiger partial charge on any atom is 0.316 e. The van der Waals surface area contributed by atoms with Crippen LogP contribution in [0.4, 0.5) is 0 Å². The van der Waals surface area contributed by atoms with E-state index in [1.165, 1.54) is 7.11 Å². The molecule has 10 heteroatoms. The lowest BCUT2D eigenvalue weighted by Crippen LogP contribution is -2.54. The number of amides is 2. The van der Waals surface area contributed by atoms with Crippen molar-refractivity contribution < 1.29 is 28.3 Å². The first-order valence-electron chi connectivity index (χ1n) is 10.8. The second-order valence-corrected chi connectivity index (χ2v) is 7.76. The smallest absolute Gasteiger partial charge is 0.316 e. The van der Waals surface area contributed by atoms with Crippen molar-refractivity contribution in [3.63, 3.8) is 0 Å². The van der Waals surface area contributed by atoms with Crippen LogP contribution in [-0.2, 0) is 11.2 Å². The lowest BCUT2D eigenvalue weighted by atomic mass is 10.1. The van der Waals surface area contributed by atoms with Crippen molar-refractivity contribution in [2.45, 2.75) is 12.5 Å². The fourth-order valence-electron chi connectivity index (χ4n) is 3.55. The van der Waals surface area contributed by atoms with Crippen LogP contribution in [0.1, 0.15) is 26.6 Å². The van der Waals surface area contributed by atoms with Gasteiger partial charge in [0, 0.05) is 37.9 Å². The predicted molar refractivity (Wildman–Crippen MR) is 122 cm³/mol. The zero-order valence-electron chi connectivity index (χ0n) is 19.2. The molecule has 0 saturated carbocycles. The molecule has 10 nitrogen and oxygen atoms in total. The van der Waals surface area contributed by atoms with Crippen LogP contribution in [0.2, 0.25) is 0 Å². The summed E-state index contributed by atoms with van der Waals surface area (Å²) in [5.41, 5.74) is 2.26. The number of benzene rings is 2. The van der Waals surface area contributed by atoms with E-state index in [9.17, 15) is 9.59 Å². The number of hydrogen-bond donors (Lipinski definition) is 1. The van der Waals surface area contributed by atoms with Gasteiger partial charge in [-0.2, -0.15) is 4.98 Å². The first-order valence-corrected chi connectivity index (χ1v) is 10.8. The van der Waals surface area contributed by atoms with Gasteiger partial charge in [0.2, 0.25) is 5.82 Å². The van der Waals surface area contributed by atoms with Crippen LogP contribution in [0.15, 0.2) is 47.0 Å². The fraction of sp³-hybridized carbons (Fsp3) is 0.333. The van der Waals surface area contributed by atoms with Gasteiger partial charge in [0.05, 0.1) is 20.3 Å². The van der Waals surface area contributed by atoms with E-state index < -0.39 is 5.91 Å². The standard InChI is InChI=1S/C24H26N4O6/c1-31-18-13-28(14-18)24(30)16-6-4-15(5-7-16)10-11-25-22(29)23-26-21(27-34-23)17-8-9-19(32-2)20(12-17)33-3/h4-9,12,18H,10-11,13-14H2,1-3H3,(H,25,29). The second-order valence-electron chi connectivity index (χ2n) is 7.76. The average Bonchev–Trinajstić information content (AvgIpc) is 3.34. The Bertz CT molecular complexity index is 1150. The molecule has 0 radical (unpaired) electrons. The molecule has 1 saturated heterocycles. The molecule has 34 heavy (non-hydrogen) atoms. The quantitative estimate of drug-likeness (QED) is 0.510. The Labute approximate surface area is 196 Å². The van der Waals surface area contributed by atoms with E-state index in [0.717, 1.165) is 5.56 Å². The average molecular weight is 466 g/mol. The Balaban J connectivity index is 1.28. The molecule has 0 bridgehead atoms. The van der Waals surface area contributed by atoms with Gasteiger partial charge in [-0.3, -0.25) is 9.59 Å². The maximum atomic E-state index is 12.4. The number of rotatable bonds is 9.